The molecule has 12 nitrogen and oxygen atoms in total. The minimum Gasteiger partial charge on any atom is -0.364 e. The molecule has 0 aliphatic carbocycles. The number of H-pyrrole nitrogens is 1. The van der Waals surface area contributed by atoms with Gasteiger partial charge in [-0.05, 0) is 51.3 Å². The number of aromatic nitrogens is 5. The fourth-order valence-electron chi connectivity index (χ4n) is 4.60. The van der Waals surface area contributed by atoms with Crippen molar-refractivity contribution in [2.75, 3.05) is 29.9 Å². The van der Waals surface area contributed by atoms with Gasteiger partial charge in [0, 0.05) is 31.4 Å². The van der Waals surface area contributed by atoms with Gasteiger partial charge in [0.1, 0.15) is 16.7 Å². The number of aromatic amines is 1. The molecule has 0 spiro atoms. The molecular weight excluding hydrogens is 424 g/mol. The maximum atomic E-state index is 13.4. The maximum absolute atomic E-state index is 13.4. The number of carbonyl (C=O) groups excluding carboxylic acids is 2. The lowest BCUT2D eigenvalue weighted by atomic mass is 9.96. The Kier molecular flexibility index (Phi) is 5.36. The third-order valence-corrected chi connectivity index (χ3v) is 6.47. The third-order valence-electron chi connectivity index (χ3n) is 6.47. The van der Waals surface area contributed by atoms with Crippen molar-refractivity contribution < 1.29 is 9.59 Å². The highest BCUT2D eigenvalue weighted by Crippen LogP contribution is 2.34. The van der Waals surface area contributed by atoms with Crippen molar-refractivity contribution in [1.29, 1.82) is 0 Å². The lowest BCUT2D eigenvalue weighted by Gasteiger charge is -2.36. The Morgan fingerprint density at radius 1 is 1.33 bits per heavy atom. The van der Waals surface area contributed by atoms with Gasteiger partial charge in [0.05, 0.1) is 0 Å². The Morgan fingerprint density at radius 2 is 2.21 bits per heavy atom. The van der Waals surface area contributed by atoms with E-state index in [2.05, 4.69) is 31.2 Å². The Labute approximate surface area is 190 Å². The predicted molar refractivity (Wildman–Crippen MR) is 122 cm³/mol. The molecule has 0 saturated carbocycles. The van der Waals surface area contributed by atoms with Gasteiger partial charge in [-0.2, -0.15) is 10.1 Å². The number of fused-ring (bicyclic) bond motifs is 1. The van der Waals surface area contributed by atoms with Gasteiger partial charge >= 0.3 is 0 Å². The summed E-state index contributed by atoms with van der Waals surface area (Å²) in [5.41, 5.74) is 5.49. The number of nitrogens with one attached hydrogen (secondary N) is 4. The van der Waals surface area contributed by atoms with Crippen LogP contribution in [0, 0.1) is 0 Å². The summed E-state index contributed by atoms with van der Waals surface area (Å²) in [7, 11) is 0. The second-order valence-corrected chi connectivity index (χ2v) is 8.80. The second-order valence-electron chi connectivity index (χ2n) is 8.80. The number of hydrogen-bond donors (Lipinski definition) is 5. The minimum atomic E-state index is -0.749. The van der Waals surface area contributed by atoms with Gasteiger partial charge in [-0.15, -0.1) is 5.10 Å². The quantitative estimate of drug-likeness (QED) is 0.362. The van der Waals surface area contributed by atoms with Gasteiger partial charge in [-0.3, -0.25) is 14.7 Å². The van der Waals surface area contributed by atoms with Crippen LogP contribution in [0.4, 0.5) is 17.6 Å². The van der Waals surface area contributed by atoms with Crippen LogP contribution in [0.2, 0.25) is 0 Å². The van der Waals surface area contributed by atoms with Crippen molar-refractivity contribution >= 4 is 34.9 Å². The van der Waals surface area contributed by atoms with E-state index in [4.69, 9.17) is 10.7 Å². The molecule has 12 heteroatoms. The summed E-state index contributed by atoms with van der Waals surface area (Å²) < 4.78 is 1.72. The van der Waals surface area contributed by atoms with Crippen molar-refractivity contribution in [2.45, 2.75) is 44.2 Å². The number of piperidine rings is 1. The molecule has 174 valence electrons. The highest BCUT2D eigenvalue weighted by Gasteiger charge is 2.45. The van der Waals surface area contributed by atoms with Crippen molar-refractivity contribution in [3.05, 3.63) is 30.1 Å². The molecule has 2 aliphatic rings. The number of hydrogen-bond acceptors (Lipinski definition) is 8. The summed E-state index contributed by atoms with van der Waals surface area (Å²) in [5.74, 6) is 0.766. The van der Waals surface area contributed by atoms with E-state index in [0.29, 0.717) is 24.1 Å². The van der Waals surface area contributed by atoms with Crippen LogP contribution >= 0.6 is 0 Å². The number of nitrogens with zero attached hydrogens (tertiary/aromatic N) is 5. The van der Waals surface area contributed by atoms with Crippen molar-refractivity contribution in [3.63, 3.8) is 0 Å². The third kappa shape index (κ3) is 3.97. The average Bonchev–Trinajstić information content (AvgIpc) is 3.54. The van der Waals surface area contributed by atoms with Crippen molar-refractivity contribution in [3.8, 4) is 0 Å². The summed E-state index contributed by atoms with van der Waals surface area (Å²) in [6.45, 7) is 4.41. The topological polar surface area (TPSA) is 158 Å². The smallest absolute Gasteiger partial charge is 0.266 e. The Bertz CT molecular complexity index is 1180. The lowest BCUT2D eigenvalue weighted by molar-refractivity contribution is -0.126. The summed E-state index contributed by atoms with van der Waals surface area (Å²) in [6.07, 6.45) is 5.44. The molecule has 2 fully saturated rings. The molecule has 5 rings (SSSR count). The summed E-state index contributed by atoms with van der Waals surface area (Å²) in [4.78, 5) is 31.5. The molecule has 2 aliphatic heterocycles. The average molecular weight is 453 g/mol. The minimum absolute atomic E-state index is 0.00202. The number of anilines is 3. The van der Waals surface area contributed by atoms with E-state index in [1.165, 1.54) is 6.07 Å². The molecule has 0 radical (unpaired) electrons. The van der Waals surface area contributed by atoms with Crippen LogP contribution in [-0.2, 0) is 4.79 Å². The highest BCUT2D eigenvalue weighted by atomic mass is 16.2. The molecule has 33 heavy (non-hydrogen) atoms. The van der Waals surface area contributed by atoms with Gasteiger partial charge < -0.3 is 26.6 Å². The number of rotatable bonds is 6. The van der Waals surface area contributed by atoms with E-state index in [-0.39, 0.29) is 17.6 Å². The van der Waals surface area contributed by atoms with E-state index >= 15 is 0 Å². The van der Waals surface area contributed by atoms with Crippen LogP contribution in [0.5, 0.6) is 0 Å². The Morgan fingerprint density at radius 3 is 2.97 bits per heavy atom. The second kappa shape index (κ2) is 8.35. The molecule has 1 unspecified atom stereocenters. The Balaban J connectivity index is 1.44. The SMILES string of the molecule is C[C@@]1(C(=O)NC2CCCNC2)CCCN1c1nc(Nc2cc(C(N)=O)[nH]n2)c2cccn2n1. The lowest BCUT2D eigenvalue weighted by Crippen LogP contribution is -2.58. The van der Waals surface area contributed by atoms with E-state index in [0.717, 1.165) is 44.3 Å². The van der Waals surface area contributed by atoms with Crippen LogP contribution in [0.1, 0.15) is 43.1 Å². The van der Waals surface area contributed by atoms with Crippen LogP contribution in [-0.4, -0.2) is 67.8 Å². The van der Waals surface area contributed by atoms with E-state index in [1.54, 1.807) is 4.52 Å². The largest absolute Gasteiger partial charge is 0.364 e. The fourth-order valence-corrected chi connectivity index (χ4v) is 4.60. The summed E-state index contributed by atoms with van der Waals surface area (Å²) in [6, 6.07) is 5.40. The van der Waals surface area contributed by atoms with Gasteiger partial charge in [0.15, 0.2) is 11.6 Å². The van der Waals surface area contributed by atoms with E-state index in [1.807, 2.05) is 30.2 Å². The van der Waals surface area contributed by atoms with E-state index in [9.17, 15) is 9.59 Å². The number of primary amides is 1. The van der Waals surface area contributed by atoms with E-state index < -0.39 is 11.4 Å². The first-order chi connectivity index (χ1) is 15.9. The number of nitrogens with two attached hydrogens (primary N) is 1. The molecular formula is C21H28N10O2. The molecule has 6 N–H and O–H groups in total. The fraction of sp³-hybridized carbons (Fsp3) is 0.476. The summed E-state index contributed by atoms with van der Waals surface area (Å²) in [5, 5.41) is 21.1. The van der Waals surface area contributed by atoms with Crippen LogP contribution in [0.15, 0.2) is 24.4 Å². The van der Waals surface area contributed by atoms with Gasteiger partial charge in [0.2, 0.25) is 11.9 Å². The normalized spacial score (nSPS) is 23.1. The molecule has 0 bridgehead atoms. The highest BCUT2D eigenvalue weighted by molar-refractivity contribution is 5.92. The standard InChI is InChI=1S/C21H28N10O2/c1-21(19(33)24-13-5-2-8-23-12-13)7-4-9-30(21)20-26-18(15-6-3-10-31(15)29-20)25-16-11-14(17(22)32)27-28-16/h3,6,10-11,13,23H,2,4-5,7-9,12H2,1H3,(H2,22,32)(H,24,33)(H2,25,26,27,28,29)/t13?,21-/m0/s1. The Hall–Kier alpha value is -3.67. The zero-order valence-electron chi connectivity index (χ0n) is 18.5. The first kappa shape index (κ1) is 21.2. The number of carbonyl (C=O) groups is 2. The molecule has 2 amide bonds. The maximum Gasteiger partial charge on any atom is 0.266 e. The van der Waals surface area contributed by atoms with Gasteiger partial charge in [0.25, 0.3) is 5.91 Å². The van der Waals surface area contributed by atoms with Crippen LogP contribution in [0.25, 0.3) is 5.52 Å². The zero-order chi connectivity index (χ0) is 23.0. The summed E-state index contributed by atoms with van der Waals surface area (Å²) >= 11 is 0. The molecule has 3 aromatic heterocycles. The molecule has 2 saturated heterocycles. The molecule has 2 atom stereocenters. The molecule has 3 aromatic rings. The first-order valence-electron chi connectivity index (χ1n) is 11.2. The van der Waals surface area contributed by atoms with Crippen molar-refractivity contribution in [2.24, 2.45) is 5.73 Å². The van der Waals surface area contributed by atoms with Crippen LogP contribution < -0.4 is 26.6 Å². The van der Waals surface area contributed by atoms with Crippen LogP contribution in [0.3, 0.4) is 0 Å². The zero-order valence-corrected chi connectivity index (χ0v) is 18.5. The molecule has 5 heterocycles. The van der Waals surface area contributed by atoms with Crippen molar-refractivity contribution in [1.82, 2.24) is 35.4 Å². The number of amides is 2. The molecule has 0 aromatic carbocycles. The predicted octanol–water partition coefficient (Wildman–Crippen LogP) is 0.522. The van der Waals surface area contributed by atoms with Gasteiger partial charge in [-0.25, -0.2) is 4.52 Å². The first-order valence-corrected chi connectivity index (χ1v) is 11.2. The van der Waals surface area contributed by atoms with Gasteiger partial charge in [-0.1, -0.05) is 0 Å². The monoisotopic (exact) mass is 452 g/mol.